The van der Waals surface area contributed by atoms with Gasteiger partial charge in [-0.25, -0.2) is 13.6 Å². The number of benzene rings is 3. The zero-order valence-electron chi connectivity index (χ0n) is 15.5. The molecule has 0 aromatic heterocycles. The van der Waals surface area contributed by atoms with Crippen molar-refractivity contribution < 1.29 is 27.8 Å². The first-order valence-corrected chi connectivity index (χ1v) is 9.22. The number of ether oxygens (including phenoxy) is 2. The lowest BCUT2D eigenvalue weighted by atomic mass is 10.1. The molecule has 0 saturated heterocycles. The Morgan fingerprint density at radius 1 is 1.07 bits per heavy atom. The summed E-state index contributed by atoms with van der Waals surface area (Å²) >= 11 is 6.02. The summed E-state index contributed by atoms with van der Waals surface area (Å²) in [5.41, 5.74) is 0.881. The minimum atomic E-state index is -0.684. The maximum atomic E-state index is 14.1. The predicted molar refractivity (Wildman–Crippen MR) is 107 cm³/mol. The van der Waals surface area contributed by atoms with Crippen molar-refractivity contribution in [3.63, 3.8) is 0 Å². The molecule has 0 atom stereocenters. The van der Waals surface area contributed by atoms with Crippen LogP contribution < -0.4 is 9.47 Å². The number of esters is 1. The number of carbonyl (C=O) groups excluding carboxylic acids is 2. The summed E-state index contributed by atoms with van der Waals surface area (Å²) in [7, 11) is 0. The van der Waals surface area contributed by atoms with Gasteiger partial charge in [0.15, 0.2) is 5.76 Å². The zero-order chi connectivity index (χ0) is 21.4. The second kappa shape index (κ2) is 7.72. The Balaban J connectivity index is 1.64. The van der Waals surface area contributed by atoms with Gasteiger partial charge in [-0.05, 0) is 61.5 Å². The normalized spacial score (nSPS) is 13.9. The van der Waals surface area contributed by atoms with Gasteiger partial charge in [-0.15, -0.1) is 0 Å². The number of allylic oxidation sites excluding steroid dienone is 1. The number of rotatable bonds is 3. The number of ketones is 1. The lowest BCUT2D eigenvalue weighted by molar-refractivity contribution is 0.0733. The molecule has 7 heteroatoms. The highest BCUT2D eigenvalue weighted by atomic mass is 35.5. The van der Waals surface area contributed by atoms with Gasteiger partial charge in [0.05, 0.1) is 16.1 Å². The molecule has 4 rings (SSSR count). The zero-order valence-corrected chi connectivity index (χ0v) is 16.3. The summed E-state index contributed by atoms with van der Waals surface area (Å²) in [6, 6.07) is 12.0. The van der Waals surface area contributed by atoms with E-state index in [1.165, 1.54) is 48.5 Å². The van der Waals surface area contributed by atoms with Crippen molar-refractivity contribution in [2.75, 3.05) is 0 Å². The molecule has 3 aromatic carbocycles. The van der Waals surface area contributed by atoms with E-state index in [4.69, 9.17) is 21.1 Å². The van der Waals surface area contributed by atoms with Crippen LogP contribution in [-0.4, -0.2) is 11.8 Å². The van der Waals surface area contributed by atoms with Crippen LogP contribution in [0.25, 0.3) is 6.08 Å². The van der Waals surface area contributed by atoms with Gasteiger partial charge < -0.3 is 9.47 Å². The number of carbonyl (C=O) groups is 2. The maximum absolute atomic E-state index is 14.1. The van der Waals surface area contributed by atoms with Crippen LogP contribution in [0.5, 0.6) is 11.5 Å². The molecule has 0 radical (unpaired) electrons. The first-order valence-electron chi connectivity index (χ1n) is 8.85. The number of hydrogen-bond donors (Lipinski definition) is 0. The van der Waals surface area contributed by atoms with Gasteiger partial charge >= 0.3 is 5.97 Å². The molecule has 0 amide bonds. The fourth-order valence-electron chi connectivity index (χ4n) is 3.00. The van der Waals surface area contributed by atoms with E-state index in [9.17, 15) is 18.4 Å². The third-order valence-corrected chi connectivity index (χ3v) is 4.92. The molecule has 0 aliphatic carbocycles. The summed E-state index contributed by atoms with van der Waals surface area (Å²) in [5.74, 6) is -1.89. The Labute approximate surface area is 175 Å². The first kappa shape index (κ1) is 19.8. The number of Topliss-reactive ketones (excluding diaryl/α,β-unsaturated/α-hetero) is 1. The van der Waals surface area contributed by atoms with Crippen LogP contribution in [0.15, 0.2) is 60.4 Å². The van der Waals surface area contributed by atoms with Crippen LogP contribution in [0.2, 0.25) is 5.02 Å². The van der Waals surface area contributed by atoms with Crippen molar-refractivity contribution in [1.29, 1.82) is 0 Å². The van der Waals surface area contributed by atoms with Gasteiger partial charge in [0, 0.05) is 11.1 Å². The third kappa shape index (κ3) is 3.57. The predicted octanol–water partition coefficient (Wildman–Crippen LogP) is 5.76. The lowest BCUT2D eigenvalue weighted by Gasteiger charge is -2.10. The summed E-state index contributed by atoms with van der Waals surface area (Å²) in [6.45, 7) is 1.62. The Kier molecular flexibility index (Phi) is 5.10. The average molecular weight is 427 g/mol. The van der Waals surface area contributed by atoms with Crippen molar-refractivity contribution in [3.8, 4) is 11.5 Å². The van der Waals surface area contributed by atoms with E-state index in [-0.39, 0.29) is 39.0 Å². The molecular weight excluding hydrogens is 414 g/mol. The molecule has 0 bridgehead atoms. The Hall–Kier alpha value is -3.51. The maximum Gasteiger partial charge on any atom is 0.343 e. The van der Waals surface area contributed by atoms with E-state index in [0.29, 0.717) is 5.56 Å². The van der Waals surface area contributed by atoms with E-state index in [1.54, 1.807) is 6.92 Å². The Morgan fingerprint density at radius 3 is 2.50 bits per heavy atom. The van der Waals surface area contributed by atoms with E-state index in [1.807, 2.05) is 0 Å². The molecule has 1 aliphatic heterocycles. The van der Waals surface area contributed by atoms with Crippen molar-refractivity contribution in [2.45, 2.75) is 6.92 Å². The topological polar surface area (TPSA) is 52.6 Å². The van der Waals surface area contributed by atoms with Crippen LogP contribution in [0, 0.1) is 18.6 Å². The van der Waals surface area contributed by atoms with E-state index < -0.39 is 23.4 Å². The summed E-state index contributed by atoms with van der Waals surface area (Å²) in [4.78, 5) is 25.0. The van der Waals surface area contributed by atoms with Crippen molar-refractivity contribution in [2.24, 2.45) is 0 Å². The first-order chi connectivity index (χ1) is 14.3. The molecular formula is C23H13ClF2O4. The number of hydrogen-bond acceptors (Lipinski definition) is 4. The molecule has 3 aromatic rings. The van der Waals surface area contributed by atoms with Gasteiger partial charge in [-0.1, -0.05) is 17.7 Å². The van der Waals surface area contributed by atoms with Gasteiger partial charge in [0.2, 0.25) is 5.78 Å². The van der Waals surface area contributed by atoms with Crippen molar-refractivity contribution >= 4 is 29.4 Å². The summed E-state index contributed by atoms with van der Waals surface area (Å²) < 4.78 is 38.1. The highest BCUT2D eigenvalue weighted by Gasteiger charge is 2.31. The van der Waals surface area contributed by atoms with Gasteiger partial charge in [0.1, 0.15) is 23.1 Å². The second-order valence-corrected chi connectivity index (χ2v) is 6.94. The average Bonchev–Trinajstić information content (AvgIpc) is 3.04. The molecule has 0 N–H and O–H groups in total. The minimum absolute atomic E-state index is 0.0379. The largest absolute Gasteiger partial charge is 0.452 e. The van der Waals surface area contributed by atoms with Crippen LogP contribution in [0.1, 0.15) is 31.8 Å². The smallest absolute Gasteiger partial charge is 0.343 e. The Morgan fingerprint density at radius 2 is 1.80 bits per heavy atom. The molecule has 30 heavy (non-hydrogen) atoms. The Bertz CT molecular complexity index is 1200. The standard InChI is InChI=1S/C23H13ClF2O4/c1-12-19(30-23(28)13-5-7-14(25)8-6-13)10-9-15-21(27)20(29-22(12)15)11-16-17(24)3-2-4-18(16)26/h2-11H,1H3/b20-11-. The minimum Gasteiger partial charge on any atom is -0.452 e. The molecule has 4 nitrogen and oxygen atoms in total. The molecule has 0 unspecified atom stereocenters. The lowest BCUT2D eigenvalue weighted by Crippen LogP contribution is -2.09. The van der Waals surface area contributed by atoms with Crippen LogP contribution in [0.4, 0.5) is 8.78 Å². The molecule has 0 saturated carbocycles. The number of fused-ring (bicyclic) bond motifs is 1. The molecule has 0 fully saturated rings. The second-order valence-electron chi connectivity index (χ2n) is 6.54. The van der Waals surface area contributed by atoms with Crippen molar-refractivity contribution in [1.82, 2.24) is 0 Å². The highest BCUT2D eigenvalue weighted by molar-refractivity contribution is 6.32. The molecule has 1 heterocycles. The van der Waals surface area contributed by atoms with E-state index in [0.717, 1.165) is 12.1 Å². The highest BCUT2D eigenvalue weighted by Crippen LogP contribution is 2.40. The SMILES string of the molecule is Cc1c(OC(=O)c2ccc(F)cc2)ccc2c1O/C(=C\c1c(F)cccc1Cl)C2=O. The quantitative estimate of drug-likeness (QED) is 0.303. The monoisotopic (exact) mass is 426 g/mol. The fourth-order valence-corrected chi connectivity index (χ4v) is 3.22. The van der Waals surface area contributed by atoms with E-state index in [2.05, 4.69) is 0 Å². The van der Waals surface area contributed by atoms with Gasteiger partial charge in [-0.2, -0.15) is 0 Å². The molecule has 1 aliphatic rings. The van der Waals surface area contributed by atoms with Crippen LogP contribution in [-0.2, 0) is 0 Å². The van der Waals surface area contributed by atoms with Gasteiger partial charge in [-0.3, -0.25) is 4.79 Å². The molecule has 0 spiro atoms. The van der Waals surface area contributed by atoms with Crippen LogP contribution >= 0.6 is 11.6 Å². The summed E-state index contributed by atoms with van der Waals surface area (Å²) in [6.07, 6.45) is 1.24. The fraction of sp³-hybridized carbons (Fsp3) is 0.0435. The number of halogens is 3. The summed E-state index contributed by atoms with van der Waals surface area (Å²) in [5, 5.41) is 0.139. The van der Waals surface area contributed by atoms with Gasteiger partial charge in [0.25, 0.3) is 0 Å². The van der Waals surface area contributed by atoms with Crippen molar-refractivity contribution in [3.05, 3.63) is 99.3 Å². The van der Waals surface area contributed by atoms with E-state index >= 15 is 0 Å². The third-order valence-electron chi connectivity index (χ3n) is 4.59. The van der Waals surface area contributed by atoms with Crippen LogP contribution in [0.3, 0.4) is 0 Å². The molecule has 150 valence electrons.